The first kappa shape index (κ1) is 18.1. The van der Waals surface area contributed by atoms with Gasteiger partial charge < -0.3 is 19.1 Å². The van der Waals surface area contributed by atoms with E-state index < -0.39 is 18.1 Å². The van der Waals surface area contributed by atoms with Crippen LogP contribution in [0, 0.1) is 0 Å². The molecule has 0 unspecified atom stereocenters. The van der Waals surface area contributed by atoms with Crippen molar-refractivity contribution in [1.29, 1.82) is 0 Å². The summed E-state index contributed by atoms with van der Waals surface area (Å²) in [6, 6.07) is 13.0. The highest BCUT2D eigenvalue weighted by Crippen LogP contribution is 2.31. The number of aliphatic hydroxyl groups is 1. The zero-order valence-corrected chi connectivity index (χ0v) is 13.9. The minimum atomic E-state index is -4.62. The smallest absolute Gasteiger partial charge is 0.449 e. The number of para-hydroxylation sites is 2. The summed E-state index contributed by atoms with van der Waals surface area (Å²) in [6.45, 7) is -0.462. The molecule has 0 fully saturated rings. The van der Waals surface area contributed by atoms with Crippen LogP contribution in [0.2, 0.25) is 0 Å². The van der Waals surface area contributed by atoms with E-state index in [1.54, 1.807) is 36.4 Å². The predicted molar refractivity (Wildman–Crippen MR) is 89.2 cm³/mol. The van der Waals surface area contributed by atoms with Crippen molar-refractivity contribution in [3.63, 3.8) is 0 Å². The molecule has 1 heterocycles. The number of rotatable bonds is 6. The van der Waals surface area contributed by atoms with Gasteiger partial charge in [-0.25, -0.2) is 4.98 Å². The van der Waals surface area contributed by atoms with Crippen molar-refractivity contribution < 1.29 is 27.8 Å². The zero-order chi connectivity index (χ0) is 18.7. The third-order valence-electron chi connectivity index (χ3n) is 3.79. The standard InChI is InChI=1S/C18H17F3N2O3/c1-25-13-5-4-6-14(9-13)26-11-12(24)10-23-16-8-3-2-7-15(16)22-17(23)18(19,20)21/h2-9,12,24H,10-11H2,1H3/t12-/m1/s1. The summed E-state index contributed by atoms with van der Waals surface area (Å²) in [5.41, 5.74) is 0.529. The summed E-state index contributed by atoms with van der Waals surface area (Å²) >= 11 is 0. The number of ether oxygens (including phenoxy) is 2. The molecule has 0 radical (unpaired) electrons. The highest BCUT2D eigenvalue weighted by molar-refractivity contribution is 5.76. The number of benzene rings is 2. The lowest BCUT2D eigenvalue weighted by Gasteiger charge is -2.16. The predicted octanol–water partition coefficient (Wildman–Crippen LogP) is 3.50. The molecule has 0 amide bonds. The minimum absolute atomic E-state index is 0.170. The quantitative estimate of drug-likeness (QED) is 0.725. The lowest BCUT2D eigenvalue weighted by Crippen LogP contribution is -2.26. The van der Waals surface area contributed by atoms with Crippen molar-refractivity contribution in [2.75, 3.05) is 13.7 Å². The van der Waals surface area contributed by atoms with Gasteiger partial charge in [0.1, 0.15) is 24.2 Å². The molecule has 0 spiro atoms. The number of hydrogen-bond donors (Lipinski definition) is 1. The topological polar surface area (TPSA) is 56.5 Å². The summed E-state index contributed by atoms with van der Waals surface area (Å²) in [4.78, 5) is 3.65. The molecule has 1 N–H and O–H groups in total. The van der Waals surface area contributed by atoms with E-state index in [0.717, 1.165) is 4.57 Å². The summed E-state index contributed by atoms with van der Waals surface area (Å²) in [5, 5.41) is 10.2. The van der Waals surface area contributed by atoms with E-state index in [2.05, 4.69) is 4.98 Å². The van der Waals surface area contributed by atoms with Gasteiger partial charge in [-0.3, -0.25) is 0 Å². The maximum absolute atomic E-state index is 13.3. The van der Waals surface area contributed by atoms with Crippen molar-refractivity contribution in [1.82, 2.24) is 9.55 Å². The van der Waals surface area contributed by atoms with Crippen LogP contribution in [-0.4, -0.2) is 34.5 Å². The molecule has 0 saturated heterocycles. The number of aromatic nitrogens is 2. The van der Waals surface area contributed by atoms with Crippen LogP contribution in [0.3, 0.4) is 0 Å². The van der Waals surface area contributed by atoms with Gasteiger partial charge in [0.2, 0.25) is 5.82 Å². The fourth-order valence-electron chi connectivity index (χ4n) is 2.62. The zero-order valence-electron chi connectivity index (χ0n) is 13.9. The van der Waals surface area contributed by atoms with Crippen molar-refractivity contribution in [3.05, 3.63) is 54.4 Å². The van der Waals surface area contributed by atoms with Crippen LogP contribution < -0.4 is 9.47 Å². The SMILES string of the molecule is COc1cccc(OC[C@H](O)Cn2c(C(F)(F)F)nc3ccccc32)c1. The number of aliphatic hydroxyl groups excluding tert-OH is 1. The second kappa shape index (κ2) is 7.25. The Morgan fingerprint density at radius 2 is 1.85 bits per heavy atom. The molecule has 0 saturated carbocycles. The number of halogens is 3. The van der Waals surface area contributed by atoms with Gasteiger partial charge in [-0.15, -0.1) is 0 Å². The Morgan fingerprint density at radius 3 is 2.58 bits per heavy atom. The Balaban J connectivity index is 1.77. The van der Waals surface area contributed by atoms with Gasteiger partial charge in [0, 0.05) is 6.07 Å². The average Bonchev–Trinajstić information content (AvgIpc) is 2.99. The van der Waals surface area contributed by atoms with Gasteiger partial charge in [-0.2, -0.15) is 13.2 Å². The van der Waals surface area contributed by atoms with E-state index in [1.807, 2.05) is 0 Å². The Kier molecular flexibility index (Phi) is 5.03. The van der Waals surface area contributed by atoms with Crippen molar-refractivity contribution in [2.24, 2.45) is 0 Å². The van der Waals surface area contributed by atoms with Crippen LogP contribution >= 0.6 is 0 Å². The van der Waals surface area contributed by atoms with Crippen LogP contribution in [0.1, 0.15) is 5.82 Å². The van der Waals surface area contributed by atoms with Gasteiger partial charge in [0.15, 0.2) is 0 Å². The molecule has 5 nitrogen and oxygen atoms in total. The summed E-state index contributed by atoms with van der Waals surface area (Å²) in [6.07, 6.45) is -5.77. The second-order valence-corrected chi connectivity index (χ2v) is 5.68. The first-order valence-electron chi connectivity index (χ1n) is 7.86. The fourth-order valence-corrected chi connectivity index (χ4v) is 2.62. The maximum Gasteiger partial charge on any atom is 0.449 e. The maximum atomic E-state index is 13.3. The van der Waals surface area contributed by atoms with Gasteiger partial charge in [0.25, 0.3) is 0 Å². The molecule has 0 aliphatic rings. The summed E-state index contributed by atoms with van der Waals surface area (Å²) in [5.74, 6) is -0.00832. The van der Waals surface area contributed by atoms with E-state index in [0.29, 0.717) is 17.0 Å². The van der Waals surface area contributed by atoms with Gasteiger partial charge >= 0.3 is 6.18 Å². The second-order valence-electron chi connectivity index (χ2n) is 5.68. The van der Waals surface area contributed by atoms with Gasteiger partial charge in [0.05, 0.1) is 24.7 Å². The summed E-state index contributed by atoms with van der Waals surface area (Å²) < 4.78 is 51.3. The van der Waals surface area contributed by atoms with Crippen molar-refractivity contribution in [3.8, 4) is 11.5 Å². The number of fused-ring (bicyclic) bond motifs is 1. The molecule has 1 atom stereocenters. The Bertz CT molecular complexity index is 893. The number of alkyl halides is 3. The van der Waals surface area contributed by atoms with Crippen LogP contribution in [0.25, 0.3) is 11.0 Å². The lowest BCUT2D eigenvalue weighted by molar-refractivity contribution is -0.147. The molecule has 8 heteroatoms. The van der Waals surface area contributed by atoms with E-state index in [1.165, 1.54) is 19.2 Å². The van der Waals surface area contributed by atoms with Crippen molar-refractivity contribution >= 4 is 11.0 Å². The summed E-state index contributed by atoms with van der Waals surface area (Å²) in [7, 11) is 1.51. The third-order valence-corrected chi connectivity index (χ3v) is 3.79. The largest absolute Gasteiger partial charge is 0.497 e. The van der Waals surface area contributed by atoms with Gasteiger partial charge in [-0.1, -0.05) is 18.2 Å². The van der Waals surface area contributed by atoms with Crippen LogP contribution in [0.15, 0.2) is 48.5 Å². The normalized spacial score (nSPS) is 13.0. The molecule has 3 rings (SSSR count). The molecule has 138 valence electrons. The lowest BCUT2D eigenvalue weighted by atomic mass is 10.3. The highest BCUT2D eigenvalue weighted by atomic mass is 19.4. The van der Waals surface area contributed by atoms with E-state index in [9.17, 15) is 18.3 Å². The Morgan fingerprint density at radius 1 is 1.12 bits per heavy atom. The number of hydrogen-bond acceptors (Lipinski definition) is 4. The van der Waals surface area contributed by atoms with Crippen LogP contribution in [0.5, 0.6) is 11.5 Å². The monoisotopic (exact) mass is 366 g/mol. The van der Waals surface area contributed by atoms with Gasteiger partial charge in [-0.05, 0) is 24.3 Å². The number of nitrogens with zero attached hydrogens (tertiary/aromatic N) is 2. The number of methoxy groups -OCH3 is 1. The average molecular weight is 366 g/mol. The highest BCUT2D eigenvalue weighted by Gasteiger charge is 2.37. The Hall–Kier alpha value is -2.74. The molecule has 1 aromatic heterocycles. The third kappa shape index (κ3) is 3.91. The molecule has 26 heavy (non-hydrogen) atoms. The van der Waals surface area contributed by atoms with E-state index in [-0.39, 0.29) is 18.7 Å². The molecular formula is C18H17F3N2O3. The first-order valence-corrected chi connectivity index (χ1v) is 7.86. The molecule has 3 aromatic rings. The molecule has 0 aliphatic carbocycles. The van der Waals surface area contributed by atoms with Crippen LogP contribution in [-0.2, 0) is 12.7 Å². The fraction of sp³-hybridized carbons (Fsp3) is 0.278. The van der Waals surface area contributed by atoms with E-state index in [4.69, 9.17) is 9.47 Å². The molecular weight excluding hydrogens is 349 g/mol. The van der Waals surface area contributed by atoms with Crippen molar-refractivity contribution in [2.45, 2.75) is 18.8 Å². The first-order chi connectivity index (χ1) is 12.4. The number of imidazole rings is 1. The minimum Gasteiger partial charge on any atom is -0.497 e. The molecule has 2 aromatic carbocycles. The van der Waals surface area contributed by atoms with E-state index >= 15 is 0 Å². The molecule has 0 bridgehead atoms. The Labute approximate surface area is 147 Å². The molecule has 0 aliphatic heterocycles. The van der Waals surface area contributed by atoms with Crippen LogP contribution in [0.4, 0.5) is 13.2 Å².